The van der Waals surface area contributed by atoms with Gasteiger partial charge in [0, 0.05) is 23.7 Å². The first-order valence-corrected chi connectivity index (χ1v) is 13.1. The lowest BCUT2D eigenvalue weighted by Crippen LogP contribution is -2.60. The summed E-state index contributed by atoms with van der Waals surface area (Å²) in [6, 6.07) is 0. The summed E-state index contributed by atoms with van der Waals surface area (Å²) in [5, 5.41) is 33.3. The van der Waals surface area contributed by atoms with Crippen LogP contribution in [0.15, 0.2) is 11.6 Å². The molecule has 1 spiro atoms. The van der Waals surface area contributed by atoms with Crippen LogP contribution in [0, 0.1) is 40.4 Å². The van der Waals surface area contributed by atoms with Gasteiger partial charge in [-0.2, -0.15) is 0 Å². The lowest BCUT2D eigenvalue weighted by Gasteiger charge is -2.59. The summed E-state index contributed by atoms with van der Waals surface area (Å²) < 4.78 is 12.9. The monoisotopic (exact) mass is 446 g/mol. The Bertz CT molecular complexity index is 827. The van der Waals surface area contributed by atoms with Crippen LogP contribution in [0.1, 0.15) is 79.1 Å². The van der Waals surface area contributed by atoms with Gasteiger partial charge in [0.25, 0.3) is 0 Å². The summed E-state index contributed by atoms with van der Waals surface area (Å²) in [4.78, 5) is 0. The van der Waals surface area contributed by atoms with Crippen LogP contribution in [0.5, 0.6) is 0 Å². The normalized spacial score (nSPS) is 61.5. The second kappa shape index (κ2) is 6.81. The van der Waals surface area contributed by atoms with E-state index in [4.69, 9.17) is 9.47 Å². The van der Waals surface area contributed by atoms with Crippen molar-refractivity contribution in [3.8, 4) is 0 Å². The van der Waals surface area contributed by atoms with E-state index >= 15 is 0 Å². The van der Waals surface area contributed by atoms with Crippen LogP contribution in [-0.4, -0.2) is 51.6 Å². The molecular weight excluding hydrogens is 404 g/mol. The van der Waals surface area contributed by atoms with Crippen LogP contribution >= 0.6 is 0 Å². The maximum absolute atomic E-state index is 12.4. The Labute approximate surface area is 192 Å². The lowest BCUT2D eigenvalue weighted by atomic mass is 9.46. The second-order valence-corrected chi connectivity index (χ2v) is 12.9. The van der Waals surface area contributed by atoms with Crippen LogP contribution in [-0.2, 0) is 9.47 Å². The number of allylic oxidation sites excluding steroid dienone is 1. The average Bonchev–Trinajstić information content (AvgIpc) is 3.10. The third-order valence-electron chi connectivity index (χ3n) is 11.7. The minimum atomic E-state index is -0.920. The predicted octanol–water partition coefficient (Wildman–Crippen LogP) is 3.80. The first-order chi connectivity index (χ1) is 15.0. The summed E-state index contributed by atoms with van der Waals surface area (Å²) in [7, 11) is 0. The molecule has 3 saturated carbocycles. The standard InChI is InChI=1S/C27H42O5/c1-15-14-31-26(13-22(15)29)16(2)27(30)23(32-26)12-21-19-6-5-17-11-18(28)7-9-24(17,3)20(19)8-10-25(21,27)4/h5,15-16,18-23,28-30H,6-14H2,1-4H3/t15-,16-,18+,19-,20+,21+,22?,23+,24+,25+,26-,27-/m1/s1. The molecule has 5 fully saturated rings. The number of aliphatic hydroxyl groups excluding tert-OH is 2. The molecule has 0 aromatic carbocycles. The molecule has 6 aliphatic rings. The van der Waals surface area contributed by atoms with Gasteiger partial charge in [-0.25, -0.2) is 0 Å². The van der Waals surface area contributed by atoms with Gasteiger partial charge in [0.1, 0.15) is 5.60 Å². The number of hydrogen-bond acceptors (Lipinski definition) is 5. The van der Waals surface area contributed by atoms with Gasteiger partial charge >= 0.3 is 0 Å². The number of ether oxygens (including phenoxy) is 2. The Morgan fingerprint density at radius 1 is 1.06 bits per heavy atom. The van der Waals surface area contributed by atoms with Crippen molar-refractivity contribution < 1.29 is 24.8 Å². The van der Waals surface area contributed by atoms with Crippen LogP contribution in [0.2, 0.25) is 0 Å². The highest BCUT2D eigenvalue weighted by Gasteiger charge is 2.76. The van der Waals surface area contributed by atoms with Crippen molar-refractivity contribution in [2.24, 2.45) is 40.4 Å². The molecule has 0 radical (unpaired) electrons. The van der Waals surface area contributed by atoms with Crippen molar-refractivity contribution in [2.75, 3.05) is 6.61 Å². The molecule has 2 saturated heterocycles. The molecule has 0 aromatic rings. The van der Waals surface area contributed by atoms with Gasteiger partial charge in [0.05, 0.1) is 24.9 Å². The number of rotatable bonds is 0. The van der Waals surface area contributed by atoms with Gasteiger partial charge in [0.15, 0.2) is 5.79 Å². The van der Waals surface area contributed by atoms with E-state index in [1.54, 1.807) is 0 Å². The van der Waals surface area contributed by atoms with E-state index in [1.807, 2.05) is 6.92 Å². The van der Waals surface area contributed by atoms with E-state index in [9.17, 15) is 15.3 Å². The first-order valence-electron chi connectivity index (χ1n) is 13.1. The zero-order valence-corrected chi connectivity index (χ0v) is 20.2. The van der Waals surface area contributed by atoms with Crippen molar-refractivity contribution in [1.29, 1.82) is 0 Å². The Balaban J connectivity index is 1.32. The van der Waals surface area contributed by atoms with Gasteiger partial charge in [0.2, 0.25) is 0 Å². The number of hydrogen-bond donors (Lipinski definition) is 3. The molecule has 4 aliphatic carbocycles. The molecule has 2 aliphatic heterocycles. The van der Waals surface area contributed by atoms with Gasteiger partial charge in [-0.15, -0.1) is 0 Å². The molecule has 0 aromatic heterocycles. The minimum absolute atomic E-state index is 0.100. The predicted molar refractivity (Wildman–Crippen MR) is 121 cm³/mol. The SMILES string of the molecule is C[C@@H]1CO[C@]2(CC1O)O[C@H]1C[C@H]3[C@@H]4CC=C5C[C@@H](O)CC[C@]5(C)[C@H]4CC[C@]3(C)[C@@]1(O)[C@@H]2C. The smallest absolute Gasteiger partial charge is 0.176 e. The van der Waals surface area contributed by atoms with Crippen molar-refractivity contribution in [1.82, 2.24) is 0 Å². The highest BCUT2D eigenvalue weighted by Crippen LogP contribution is 2.72. The Kier molecular flexibility index (Phi) is 4.69. The van der Waals surface area contributed by atoms with Crippen molar-refractivity contribution in [2.45, 2.75) is 109 Å². The molecule has 2 heterocycles. The summed E-state index contributed by atoms with van der Waals surface area (Å²) in [6.07, 6.45) is 8.99. The van der Waals surface area contributed by atoms with Crippen LogP contribution < -0.4 is 0 Å². The zero-order chi connectivity index (χ0) is 22.7. The fraction of sp³-hybridized carbons (Fsp3) is 0.926. The Hall–Kier alpha value is -0.460. The quantitative estimate of drug-likeness (QED) is 0.493. The van der Waals surface area contributed by atoms with Gasteiger partial charge in [-0.3, -0.25) is 0 Å². The van der Waals surface area contributed by atoms with E-state index in [2.05, 4.69) is 26.8 Å². The van der Waals surface area contributed by atoms with E-state index in [1.165, 1.54) is 5.57 Å². The Morgan fingerprint density at radius 2 is 1.84 bits per heavy atom. The molecule has 5 heteroatoms. The van der Waals surface area contributed by atoms with E-state index < -0.39 is 17.5 Å². The maximum atomic E-state index is 12.4. The van der Waals surface area contributed by atoms with Crippen molar-refractivity contribution in [3.05, 3.63) is 11.6 Å². The first kappa shape index (κ1) is 22.0. The molecule has 0 amide bonds. The summed E-state index contributed by atoms with van der Waals surface area (Å²) in [6.45, 7) is 9.37. The van der Waals surface area contributed by atoms with E-state index in [0.29, 0.717) is 30.8 Å². The zero-order valence-electron chi connectivity index (χ0n) is 20.2. The molecule has 5 nitrogen and oxygen atoms in total. The summed E-state index contributed by atoms with van der Waals surface area (Å²) in [5.41, 5.74) is 0.566. The molecule has 180 valence electrons. The molecule has 0 bridgehead atoms. The lowest BCUT2D eigenvalue weighted by molar-refractivity contribution is -0.292. The largest absolute Gasteiger partial charge is 0.393 e. The molecule has 12 atom stereocenters. The average molecular weight is 447 g/mol. The van der Waals surface area contributed by atoms with Crippen LogP contribution in [0.25, 0.3) is 0 Å². The van der Waals surface area contributed by atoms with E-state index in [-0.39, 0.29) is 34.9 Å². The third-order valence-corrected chi connectivity index (χ3v) is 11.7. The fourth-order valence-electron chi connectivity index (χ4n) is 9.58. The highest BCUT2D eigenvalue weighted by atomic mass is 16.7. The molecule has 6 rings (SSSR count). The van der Waals surface area contributed by atoms with Gasteiger partial charge in [-0.05, 0) is 68.1 Å². The van der Waals surface area contributed by atoms with Crippen molar-refractivity contribution in [3.63, 3.8) is 0 Å². The van der Waals surface area contributed by atoms with E-state index in [0.717, 1.165) is 44.9 Å². The van der Waals surface area contributed by atoms with Crippen LogP contribution in [0.3, 0.4) is 0 Å². The number of fused-ring (bicyclic) bond motifs is 7. The maximum Gasteiger partial charge on any atom is 0.176 e. The number of aliphatic hydroxyl groups is 3. The second-order valence-electron chi connectivity index (χ2n) is 12.9. The van der Waals surface area contributed by atoms with Crippen LogP contribution in [0.4, 0.5) is 0 Å². The topological polar surface area (TPSA) is 79.2 Å². The minimum Gasteiger partial charge on any atom is -0.393 e. The van der Waals surface area contributed by atoms with Gasteiger partial charge in [-0.1, -0.05) is 39.3 Å². The molecule has 1 unspecified atom stereocenters. The van der Waals surface area contributed by atoms with Crippen molar-refractivity contribution >= 4 is 0 Å². The molecular formula is C27H42O5. The fourth-order valence-corrected chi connectivity index (χ4v) is 9.58. The highest BCUT2D eigenvalue weighted by molar-refractivity contribution is 5.28. The van der Waals surface area contributed by atoms with Gasteiger partial charge < -0.3 is 24.8 Å². The molecule has 32 heavy (non-hydrogen) atoms. The summed E-state index contributed by atoms with van der Waals surface area (Å²) >= 11 is 0. The summed E-state index contributed by atoms with van der Waals surface area (Å²) in [5.74, 6) is 0.712. The third kappa shape index (κ3) is 2.53. The Morgan fingerprint density at radius 3 is 2.59 bits per heavy atom. The molecule has 3 N–H and O–H groups in total.